The van der Waals surface area contributed by atoms with Gasteiger partial charge in [0.1, 0.15) is 23.0 Å². The molecule has 0 atom stereocenters. The summed E-state index contributed by atoms with van der Waals surface area (Å²) in [6.45, 7) is 3.38. The fourth-order valence-electron chi connectivity index (χ4n) is 2.61. The number of nitrogens with one attached hydrogen (secondary N) is 2. The van der Waals surface area contributed by atoms with Crippen LogP contribution < -0.4 is 29.0 Å². The van der Waals surface area contributed by atoms with Gasteiger partial charge in [-0.25, -0.2) is 8.42 Å². The molecule has 2 aromatic carbocycles. The third-order valence-electron chi connectivity index (χ3n) is 4.07. The van der Waals surface area contributed by atoms with Crippen LogP contribution in [0.3, 0.4) is 0 Å². The molecular weight excluding hydrogens is 424 g/mol. The molecule has 0 heterocycles. The Morgan fingerprint density at radius 2 is 1.55 bits per heavy atom. The highest BCUT2D eigenvalue weighted by molar-refractivity contribution is 7.95. The van der Waals surface area contributed by atoms with Gasteiger partial charge in [-0.3, -0.25) is 9.52 Å². The number of sulfonamides is 1. The summed E-state index contributed by atoms with van der Waals surface area (Å²) in [5.41, 5.74) is 0.929. The standard InChI is InChI=1S/C21H24N2O7S/c1-6-21(24)22-17-11-14(7-8-18(17)28-3)23-31(25,26)10-9-16-19(29-4)12-15(27-2)13-20(16)30-5/h6-13,23H,1H2,2-5H3,(H,22,24). The van der Waals surface area contributed by atoms with E-state index in [4.69, 9.17) is 18.9 Å². The zero-order valence-electron chi connectivity index (χ0n) is 17.6. The van der Waals surface area contributed by atoms with Gasteiger partial charge < -0.3 is 24.3 Å². The summed E-state index contributed by atoms with van der Waals surface area (Å²) in [5.74, 6) is 1.15. The first-order valence-corrected chi connectivity index (χ1v) is 10.4. The Bertz CT molecular complexity index is 1070. The summed E-state index contributed by atoms with van der Waals surface area (Å²) in [6, 6.07) is 7.68. The number of carbonyl (C=O) groups is 1. The van der Waals surface area contributed by atoms with Crippen LogP contribution in [0, 0.1) is 0 Å². The molecule has 0 bridgehead atoms. The zero-order chi connectivity index (χ0) is 23.0. The Kier molecular flexibility index (Phi) is 7.92. The minimum absolute atomic E-state index is 0.221. The van der Waals surface area contributed by atoms with E-state index in [1.54, 1.807) is 12.1 Å². The molecule has 0 fully saturated rings. The minimum atomic E-state index is -3.92. The Labute approximate surface area is 181 Å². The van der Waals surface area contributed by atoms with Gasteiger partial charge in [0.05, 0.1) is 50.8 Å². The van der Waals surface area contributed by atoms with Gasteiger partial charge in [-0.15, -0.1) is 0 Å². The number of hydrogen-bond acceptors (Lipinski definition) is 7. The van der Waals surface area contributed by atoms with Gasteiger partial charge in [-0.2, -0.15) is 0 Å². The summed E-state index contributed by atoms with van der Waals surface area (Å²) >= 11 is 0. The second-order valence-corrected chi connectivity index (χ2v) is 7.57. The van der Waals surface area contributed by atoms with Crippen LogP contribution in [-0.4, -0.2) is 42.8 Å². The molecule has 2 N–H and O–H groups in total. The van der Waals surface area contributed by atoms with E-state index in [2.05, 4.69) is 16.6 Å². The van der Waals surface area contributed by atoms with Gasteiger partial charge in [0.2, 0.25) is 5.91 Å². The fraction of sp³-hybridized carbons (Fsp3) is 0.190. The first-order valence-electron chi connectivity index (χ1n) is 8.89. The summed E-state index contributed by atoms with van der Waals surface area (Å²) < 4.78 is 48.6. The highest BCUT2D eigenvalue weighted by atomic mass is 32.2. The topological polar surface area (TPSA) is 112 Å². The third-order valence-corrected chi connectivity index (χ3v) is 5.08. The number of benzene rings is 2. The van der Waals surface area contributed by atoms with Gasteiger partial charge >= 0.3 is 0 Å². The van der Waals surface area contributed by atoms with Crippen molar-refractivity contribution >= 4 is 33.4 Å². The second-order valence-electron chi connectivity index (χ2n) is 6.00. The SMILES string of the molecule is C=CC(=O)Nc1cc(NS(=O)(=O)C=Cc2c(OC)cc(OC)cc2OC)ccc1OC. The van der Waals surface area contributed by atoms with Crippen molar-refractivity contribution in [3.8, 4) is 23.0 Å². The molecule has 166 valence electrons. The monoisotopic (exact) mass is 448 g/mol. The molecule has 2 aromatic rings. The molecule has 0 aliphatic heterocycles. The average molecular weight is 448 g/mol. The maximum absolute atomic E-state index is 12.6. The van der Waals surface area contributed by atoms with Crippen LogP contribution in [0.5, 0.6) is 23.0 Å². The largest absolute Gasteiger partial charge is 0.496 e. The Balaban J connectivity index is 2.34. The van der Waals surface area contributed by atoms with Crippen molar-refractivity contribution in [2.45, 2.75) is 0 Å². The number of hydrogen-bond donors (Lipinski definition) is 2. The molecule has 0 spiro atoms. The van der Waals surface area contributed by atoms with Crippen molar-refractivity contribution in [2.75, 3.05) is 38.5 Å². The minimum Gasteiger partial charge on any atom is -0.496 e. The maximum atomic E-state index is 12.6. The number of methoxy groups -OCH3 is 4. The van der Waals surface area contributed by atoms with Crippen LogP contribution >= 0.6 is 0 Å². The van der Waals surface area contributed by atoms with Gasteiger partial charge in [-0.1, -0.05) is 6.58 Å². The van der Waals surface area contributed by atoms with Gasteiger partial charge in [0, 0.05) is 12.1 Å². The summed E-state index contributed by atoms with van der Waals surface area (Å²) in [5, 5.41) is 3.53. The molecular formula is C21H24N2O7S. The van der Waals surface area contributed by atoms with E-state index in [0.717, 1.165) is 11.5 Å². The molecule has 0 aromatic heterocycles. The van der Waals surface area contributed by atoms with Gasteiger partial charge in [-0.05, 0) is 30.4 Å². The Morgan fingerprint density at radius 3 is 2.06 bits per heavy atom. The lowest BCUT2D eigenvalue weighted by atomic mass is 10.1. The lowest BCUT2D eigenvalue weighted by Crippen LogP contribution is -2.11. The molecule has 0 radical (unpaired) electrons. The van der Waals surface area contributed by atoms with E-state index in [1.165, 1.54) is 52.7 Å². The summed E-state index contributed by atoms with van der Waals surface area (Å²) in [7, 11) is 1.92. The molecule has 0 aliphatic carbocycles. The number of amides is 1. The molecule has 0 unspecified atom stereocenters. The molecule has 2 rings (SSSR count). The van der Waals surface area contributed by atoms with E-state index < -0.39 is 15.9 Å². The predicted octanol–water partition coefficient (Wildman–Crippen LogP) is 3.26. The molecule has 0 saturated heterocycles. The van der Waals surface area contributed by atoms with Crippen LogP contribution in [0.15, 0.2) is 48.4 Å². The zero-order valence-corrected chi connectivity index (χ0v) is 18.4. The van der Waals surface area contributed by atoms with Gasteiger partial charge in [0.15, 0.2) is 0 Å². The number of anilines is 2. The van der Waals surface area contributed by atoms with Crippen LogP contribution in [0.2, 0.25) is 0 Å². The van der Waals surface area contributed by atoms with Crippen LogP contribution in [0.25, 0.3) is 6.08 Å². The molecule has 10 heteroatoms. The van der Waals surface area contributed by atoms with E-state index in [-0.39, 0.29) is 11.4 Å². The normalized spacial score (nSPS) is 11.0. The summed E-state index contributed by atoms with van der Waals surface area (Å²) in [6.07, 6.45) is 2.44. The molecule has 0 aliphatic rings. The first kappa shape index (κ1) is 23.6. The Hall–Kier alpha value is -3.66. The molecule has 31 heavy (non-hydrogen) atoms. The number of ether oxygens (including phenoxy) is 4. The second kappa shape index (κ2) is 10.4. The average Bonchev–Trinajstić information content (AvgIpc) is 2.76. The van der Waals surface area contributed by atoms with E-state index >= 15 is 0 Å². The number of rotatable bonds is 10. The van der Waals surface area contributed by atoms with Crippen LogP contribution in [0.1, 0.15) is 5.56 Å². The van der Waals surface area contributed by atoms with E-state index in [9.17, 15) is 13.2 Å². The van der Waals surface area contributed by atoms with Gasteiger partial charge in [0.25, 0.3) is 10.0 Å². The first-order chi connectivity index (χ1) is 14.8. The number of carbonyl (C=O) groups excluding carboxylic acids is 1. The van der Waals surface area contributed by atoms with Crippen molar-refractivity contribution in [3.63, 3.8) is 0 Å². The van der Waals surface area contributed by atoms with Crippen molar-refractivity contribution in [1.29, 1.82) is 0 Å². The molecule has 0 saturated carbocycles. The maximum Gasteiger partial charge on any atom is 0.255 e. The summed E-state index contributed by atoms with van der Waals surface area (Å²) in [4.78, 5) is 11.6. The highest BCUT2D eigenvalue weighted by Gasteiger charge is 2.14. The van der Waals surface area contributed by atoms with Crippen LogP contribution in [0.4, 0.5) is 11.4 Å². The fourth-order valence-corrected chi connectivity index (χ4v) is 3.44. The van der Waals surface area contributed by atoms with E-state index in [0.29, 0.717) is 28.6 Å². The van der Waals surface area contributed by atoms with Crippen molar-refractivity contribution in [3.05, 3.63) is 54.0 Å². The van der Waals surface area contributed by atoms with Crippen molar-refractivity contribution in [1.82, 2.24) is 0 Å². The predicted molar refractivity (Wildman–Crippen MR) is 119 cm³/mol. The smallest absolute Gasteiger partial charge is 0.255 e. The highest BCUT2D eigenvalue weighted by Crippen LogP contribution is 2.35. The molecule has 1 amide bonds. The van der Waals surface area contributed by atoms with Crippen molar-refractivity contribution in [2.24, 2.45) is 0 Å². The lowest BCUT2D eigenvalue weighted by Gasteiger charge is -2.13. The van der Waals surface area contributed by atoms with Crippen molar-refractivity contribution < 1.29 is 32.2 Å². The Morgan fingerprint density at radius 1 is 0.935 bits per heavy atom. The quantitative estimate of drug-likeness (QED) is 0.537. The van der Waals surface area contributed by atoms with E-state index in [1.807, 2.05) is 0 Å². The molecule has 9 nitrogen and oxygen atoms in total. The van der Waals surface area contributed by atoms with Crippen LogP contribution in [-0.2, 0) is 14.8 Å². The lowest BCUT2D eigenvalue weighted by molar-refractivity contribution is -0.111. The third kappa shape index (κ3) is 6.16.